The number of allylic oxidation sites excluding steroid dienone is 2. The van der Waals surface area contributed by atoms with Gasteiger partial charge in [0.2, 0.25) is 40.0 Å². The molecular formula is C57H110Cl2N14O7. The highest BCUT2D eigenvalue weighted by Gasteiger charge is 2.14. The molecule has 0 aliphatic heterocycles. The van der Waals surface area contributed by atoms with Crippen LogP contribution in [0.3, 0.4) is 0 Å². The lowest BCUT2D eigenvalue weighted by Gasteiger charge is -2.28. The molecule has 0 aliphatic rings. The molecule has 0 saturated heterocycles. The molecule has 0 bridgehead atoms. The van der Waals surface area contributed by atoms with Crippen LogP contribution in [0.15, 0.2) is 88.6 Å². The molecule has 0 aromatic heterocycles. The van der Waals surface area contributed by atoms with Gasteiger partial charge in [0.1, 0.15) is 0 Å². The van der Waals surface area contributed by atoms with Crippen molar-refractivity contribution in [3.05, 3.63) is 88.6 Å². The Balaban J connectivity index is -0.000000222. The van der Waals surface area contributed by atoms with Crippen LogP contribution in [-0.4, -0.2) is 300 Å². The minimum atomic E-state index is -0.509. The summed E-state index contributed by atoms with van der Waals surface area (Å²) in [6, 6.07) is 0. The van der Waals surface area contributed by atoms with Gasteiger partial charge >= 0.3 is 0 Å². The predicted octanol–water partition coefficient (Wildman–Crippen LogP) is 2.17. The average Bonchev–Trinajstić information content (AvgIpc) is 3.45. The van der Waals surface area contributed by atoms with Gasteiger partial charge in [-0.3, -0.25) is 43.4 Å². The van der Waals surface area contributed by atoms with Crippen molar-refractivity contribution in [2.45, 2.75) is 25.7 Å². The molecule has 23 heteroatoms. The Labute approximate surface area is 495 Å². The molecule has 0 aromatic carbocycles. The second-order valence-electron chi connectivity index (χ2n) is 18.1. The van der Waals surface area contributed by atoms with Gasteiger partial charge in [0.15, 0.2) is 0 Å². The molecule has 80 heavy (non-hydrogen) atoms. The Hall–Kier alpha value is -4.91. The molecule has 5 amide bonds. The maximum absolute atomic E-state index is 11.6. The van der Waals surface area contributed by atoms with Crippen LogP contribution in [-0.2, 0) is 33.6 Å². The van der Waals surface area contributed by atoms with Crippen LogP contribution >= 0.6 is 23.2 Å². The Bertz CT molecular complexity index is 1550. The summed E-state index contributed by atoms with van der Waals surface area (Å²) in [4.78, 5) is 93.4. The third kappa shape index (κ3) is 62.3. The van der Waals surface area contributed by atoms with Crippen molar-refractivity contribution in [3.8, 4) is 0 Å². The van der Waals surface area contributed by atoms with Crippen LogP contribution < -0.4 is 26.6 Å². The quantitative estimate of drug-likeness (QED) is 0.0338. The number of hydrogen-bond acceptors (Lipinski definition) is 16. The third-order valence-corrected chi connectivity index (χ3v) is 11.7. The molecule has 0 radical (unpaired) electrons. The second-order valence-corrected chi connectivity index (χ2v) is 18.8. The molecule has 464 valence electrons. The predicted molar refractivity (Wildman–Crippen MR) is 337 cm³/mol. The minimum Gasteiger partial charge on any atom is -0.342 e. The summed E-state index contributed by atoms with van der Waals surface area (Å²) in [6.07, 6.45) is 12.9. The number of likely N-dealkylation sites (N-methyl/N-ethyl adjacent to an activating group) is 8. The van der Waals surface area contributed by atoms with Gasteiger partial charge in [-0.1, -0.05) is 46.1 Å². The Morgan fingerprint density at radius 1 is 0.300 bits per heavy atom. The zero-order chi connectivity index (χ0) is 62.7. The Morgan fingerprint density at radius 3 is 0.700 bits per heavy atom. The van der Waals surface area contributed by atoms with Crippen LogP contribution in [0.25, 0.3) is 0 Å². The molecule has 0 fully saturated rings. The van der Waals surface area contributed by atoms with Crippen LogP contribution in [0.2, 0.25) is 0 Å². The summed E-state index contributed by atoms with van der Waals surface area (Å²) in [5.74, 6) is -0.511. The van der Waals surface area contributed by atoms with E-state index in [0.717, 1.165) is 104 Å². The van der Waals surface area contributed by atoms with E-state index in [1.54, 1.807) is 59.7 Å². The van der Waals surface area contributed by atoms with E-state index in [-0.39, 0.29) is 29.5 Å². The largest absolute Gasteiger partial charge is 0.342 e. The van der Waals surface area contributed by atoms with Crippen LogP contribution in [0.5, 0.6) is 0 Å². The van der Waals surface area contributed by atoms with E-state index in [1.165, 1.54) is 56.3 Å². The first-order valence-electron chi connectivity index (χ1n) is 26.9. The Kier molecular flexibility index (Phi) is 68.3. The fraction of sp³-hybridized carbons (Fsp3) is 0.632. The summed E-state index contributed by atoms with van der Waals surface area (Å²) in [5, 5.41) is 14.8. The number of hydrogen-bond donors (Lipinski definition) is 5. The number of nitrogens with zero attached hydrogens (tertiary/aromatic N) is 9. The van der Waals surface area contributed by atoms with Gasteiger partial charge in [-0.25, -0.2) is 0 Å². The first-order chi connectivity index (χ1) is 37.9. The van der Waals surface area contributed by atoms with E-state index >= 15 is 0 Å². The molecule has 0 rings (SSSR count). The average molecular weight is 1170 g/mol. The van der Waals surface area contributed by atoms with Gasteiger partial charge < -0.3 is 60.9 Å². The first kappa shape index (κ1) is 86.4. The SMILES string of the molecule is C=CC(=O)Cl.C=CC(=O)Cl.C=CC(=O)N(C)CCCN(C)CCCN(C)C(=O)C=C.C=CC(=O)N(C)CCN(CCN(C)C(=O)C=C)CCN(C)C(=O)C=C.CNCCCN(C)CCCNC.CNCCN(CCNC)CCNC. The summed E-state index contributed by atoms with van der Waals surface area (Å²) in [5.41, 5.74) is 0. The maximum atomic E-state index is 11.6. The smallest absolute Gasteiger partial charge is 0.245 e. The minimum absolute atomic E-state index is 0.0442. The number of rotatable bonds is 41. The Morgan fingerprint density at radius 2 is 0.500 bits per heavy atom. The molecule has 5 N–H and O–H groups in total. The summed E-state index contributed by atoms with van der Waals surface area (Å²) in [6.45, 7) is 41.5. The van der Waals surface area contributed by atoms with Gasteiger partial charge in [0, 0.05) is 127 Å². The van der Waals surface area contributed by atoms with Gasteiger partial charge in [0.05, 0.1) is 0 Å². The normalized spacial score (nSPS) is 9.97. The molecular weight excluding hydrogens is 1060 g/mol. The van der Waals surface area contributed by atoms with E-state index in [9.17, 15) is 33.6 Å². The number of amides is 5. The van der Waals surface area contributed by atoms with Gasteiger partial charge in [-0.15, -0.1) is 0 Å². The fourth-order valence-electron chi connectivity index (χ4n) is 6.12. The molecule has 0 saturated carbocycles. The van der Waals surface area contributed by atoms with Crippen molar-refractivity contribution in [3.63, 3.8) is 0 Å². The maximum Gasteiger partial charge on any atom is 0.245 e. The summed E-state index contributed by atoms with van der Waals surface area (Å²) < 4.78 is 0. The highest BCUT2D eigenvalue weighted by Crippen LogP contribution is 1.99. The number of halogens is 2. The summed E-state index contributed by atoms with van der Waals surface area (Å²) >= 11 is 9.41. The van der Waals surface area contributed by atoms with Crippen LogP contribution in [0.4, 0.5) is 0 Å². The lowest BCUT2D eigenvalue weighted by molar-refractivity contribution is -0.126. The van der Waals surface area contributed by atoms with Crippen molar-refractivity contribution in [2.75, 3.05) is 215 Å². The van der Waals surface area contributed by atoms with E-state index in [2.05, 4.69) is 99.3 Å². The zero-order valence-electron chi connectivity index (χ0n) is 51.6. The van der Waals surface area contributed by atoms with Gasteiger partial charge in [0.25, 0.3) is 0 Å². The lowest BCUT2D eigenvalue weighted by atomic mass is 10.3. The van der Waals surface area contributed by atoms with Crippen molar-refractivity contribution < 1.29 is 33.6 Å². The van der Waals surface area contributed by atoms with Crippen LogP contribution in [0.1, 0.15) is 25.7 Å². The molecule has 21 nitrogen and oxygen atoms in total. The van der Waals surface area contributed by atoms with E-state index in [4.69, 9.17) is 23.2 Å². The van der Waals surface area contributed by atoms with Crippen molar-refractivity contribution in [1.29, 1.82) is 0 Å². The molecule has 0 atom stereocenters. The lowest BCUT2D eigenvalue weighted by Crippen LogP contribution is -2.43. The number of carbonyl (C=O) groups excluding carboxylic acids is 7. The third-order valence-electron chi connectivity index (χ3n) is 11.4. The molecule has 0 spiro atoms. The molecule has 0 aliphatic carbocycles. The molecule has 0 heterocycles. The van der Waals surface area contributed by atoms with Crippen molar-refractivity contribution in [1.82, 2.24) is 70.7 Å². The van der Waals surface area contributed by atoms with Gasteiger partial charge in [-0.05, 0) is 180 Å². The van der Waals surface area contributed by atoms with Crippen LogP contribution in [0, 0.1) is 0 Å². The highest BCUT2D eigenvalue weighted by atomic mass is 35.5. The van der Waals surface area contributed by atoms with E-state index in [0.29, 0.717) is 39.3 Å². The number of carbonyl (C=O) groups is 7. The van der Waals surface area contributed by atoms with Gasteiger partial charge in [-0.2, -0.15) is 0 Å². The second kappa shape index (κ2) is 63.3. The summed E-state index contributed by atoms with van der Waals surface area (Å²) in [7, 11) is 22.9. The van der Waals surface area contributed by atoms with E-state index < -0.39 is 10.5 Å². The fourth-order valence-corrected chi connectivity index (χ4v) is 6.12. The van der Waals surface area contributed by atoms with Crippen molar-refractivity contribution in [2.24, 2.45) is 0 Å². The topological polar surface area (TPSA) is 209 Å². The highest BCUT2D eigenvalue weighted by molar-refractivity contribution is 6.66. The molecule has 0 aromatic rings. The first-order valence-corrected chi connectivity index (χ1v) is 27.7. The van der Waals surface area contributed by atoms with Crippen molar-refractivity contribution >= 4 is 63.2 Å². The standard InChI is InChI=1S/C18H30N4O3.C15H27N3O2.C9H24N4.C9H23N3.2C3H3ClO/c1-7-16(23)19(4)10-13-22(14-11-20(5)17(24)8-2)15-12-21(6)18(25)9-3;1-6-14(19)17(4)12-8-10-16(3)11-9-13-18(5)15(20)7-2;1-10-4-7-13(8-5-11-2)9-6-12-3;1-10-6-4-8-12(3)9-5-7-11-2;2*1-2-3(4)5/h7-9H,1-3,10-15H2,4-6H3;6-7H,1-2,8-13H2,3-5H3;10-12H,4-9H2,1-3H3;10-11H,4-9H2,1-3H3;2*2H,1H2. The zero-order valence-corrected chi connectivity index (χ0v) is 53.1. The van der Waals surface area contributed by atoms with E-state index in [1.807, 2.05) is 42.3 Å². The number of nitrogens with one attached hydrogen (secondary N) is 5. The monoisotopic (exact) mass is 1170 g/mol. The molecule has 0 unspecified atom stereocenters.